The van der Waals surface area contributed by atoms with E-state index in [1.807, 2.05) is 0 Å². The molecule has 0 aromatic rings. The lowest BCUT2D eigenvalue weighted by Crippen LogP contribution is -2.46. The first-order chi connectivity index (χ1) is 13.8. The van der Waals surface area contributed by atoms with Crippen LogP contribution in [0.15, 0.2) is 0 Å². The second-order valence-corrected chi connectivity index (χ2v) is 10.2. The largest absolute Gasteiger partial charge is 0.480 e. The minimum absolute atomic E-state index is 0.0327. The van der Waals surface area contributed by atoms with Crippen LogP contribution < -0.4 is 0 Å². The first kappa shape index (κ1) is 28.6. The van der Waals surface area contributed by atoms with E-state index in [-0.39, 0.29) is 26.2 Å². The molecule has 0 aliphatic heterocycles. The van der Waals surface area contributed by atoms with E-state index in [1.165, 1.54) is 4.90 Å². The molecule has 0 rings (SSSR count). The number of esters is 2. The molecule has 31 heavy (non-hydrogen) atoms. The molecule has 10 nitrogen and oxygen atoms in total. The van der Waals surface area contributed by atoms with Gasteiger partial charge in [0.05, 0.1) is 13.1 Å². The van der Waals surface area contributed by atoms with E-state index in [1.54, 1.807) is 62.3 Å². The van der Waals surface area contributed by atoms with Crippen molar-refractivity contribution >= 4 is 24.0 Å². The van der Waals surface area contributed by atoms with Gasteiger partial charge in [-0.2, -0.15) is 0 Å². The fourth-order valence-corrected chi connectivity index (χ4v) is 2.31. The highest BCUT2D eigenvalue weighted by atomic mass is 16.6. The van der Waals surface area contributed by atoms with Gasteiger partial charge < -0.3 is 19.3 Å². The number of amides is 1. The van der Waals surface area contributed by atoms with Gasteiger partial charge in [-0.05, 0) is 62.3 Å². The van der Waals surface area contributed by atoms with E-state index in [0.29, 0.717) is 0 Å². The maximum Gasteiger partial charge on any atom is 0.410 e. The van der Waals surface area contributed by atoms with E-state index in [9.17, 15) is 19.2 Å². The number of aliphatic carboxylic acids is 1. The zero-order valence-corrected chi connectivity index (χ0v) is 20.2. The van der Waals surface area contributed by atoms with Gasteiger partial charge in [0.25, 0.3) is 0 Å². The Labute approximate surface area is 184 Å². The zero-order valence-electron chi connectivity index (χ0n) is 20.2. The smallest absolute Gasteiger partial charge is 0.410 e. The molecular formula is C21H38N2O8. The van der Waals surface area contributed by atoms with Crippen molar-refractivity contribution in [2.75, 3.05) is 32.7 Å². The van der Waals surface area contributed by atoms with E-state index < -0.39 is 47.3 Å². The average molecular weight is 447 g/mol. The summed E-state index contributed by atoms with van der Waals surface area (Å²) in [6, 6.07) is 0. The number of carboxylic acid groups (broad SMARTS) is 1. The first-order valence-electron chi connectivity index (χ1n) is 10.1. The van der Waals surface area contributed by atoms with Crippen molar-refractivity contribution in [3.8, 4) is 0 Å². The Bertz CT molecular complexity index is 611. The van der Waals surface area contributed by atoms with Gasteiger partial charge in [0, 0.05) is 13.1 Å². The summed E-state index contributed by atoms with van der Waals surface area (Å²) in [5.74, 6) is -2.33. The topological polar surface area (TPSA) is 123 Å². The molecule has 0 saturated carbocycles. The van der Waals surface area contributed by atoms with Gasteiger partial charge >= 0.3 is 24.0 Å². The summed E-state index contributed by atoms with van der Waals surface area (Å²) in [5, 5.41) is 9.13. The number of ether oxygens (including phenoxy) is 3. The molecule has 0 saturated heterocycles. The summed E-state index contributed by atoms with van der Waals surface area (Å²) < 4.78 is 15.9. The number of rotatable bonds is 9. The molecule has 0 heterocycles. The van der Waals surface area contributed by atoms with Crippen LogP contribution in [0.3, 0.4) is 0 Å². The van der Waals surface area contributed by atoms with Crippen LogP contribution in [-0.2, 0) is 28.6 Å². The molecule has 0 radical (unpaired) electrons. The highest BCUT2D eigenvalue weighted by Gasteiger charge is 2.27. The van der Waals surface area contributed by atoms with Gasteiger partial charge in [-0.15, -0.1) is 0 Å². The number of carbonyl (C=O) groups excluding carboxylic acids is 3. The SMILES string of the molecule is CC(C)(C)OC(=O)CN(CCN(CC(=O)O)C(=O)OC(C)(C)C)CC(=O)OC(C)(C)C. The van der Waals surface area contributed by atoms with Crippen molar-refractivity contribution in [3.05, 3.63) is 0 Å². The second kappa shape index (κ2) is 11.3. The number of carbonyl (C=O) groups is 4. The van der Waals surface area contributed by atoms with Gasteiger partial charge in [0.1, 0.15) is 23.3 Å². The Morgan fingerprint density at radius 2 is 1.03 bits per heavy atom. The molecule has 0 aliphatic carbocycles. The van der Waals surface area contributed by atoms with Crippen LogP contribution in [0.25, 0.3) is 0 Å². The van der Waals surface area contributed by atoms with Crippen molar-refractivity contribution in [2.45, 2.75) is 79.1 Å². The van der Waals surface area contributed by atoms with E-state index >= 15 is 0 Å². The van der Waals surface area contributed by atoms with Crippen LogP contribution in [-0.4, -0.2) is 88.4 Å². The second-order valence-electron chi connectivity index (χ2n) is 10.2. The molecular weight excluding hydrogens is 408 g/mol. The normalized spacial score (nSPS) is 12.3. The summed E-state index contributed by atoms with van der Waals surface area (Å²) >= 11 is 0. The van der Waals surface area contributed by atoms with Crippen LogP contribution in [0.2, 0.25) is 0 Å². The molecule has 0 atom stereocenters. The monoisotopic (exact) mass is 446 g/mol. The van der Waals surface area contributed by atoms with Gasteiger partial charge in [0.15, 0.2) is 0 Å². The maximum absolute atomic E-state index is 12.4. The zero-order chi connectivity index (χ0) is 24.6. The minimum atomic E-state index is -1.21. The number of hydrogen-bond acceptors (Lipinski definition) is 8. The lowest BCUT2D eigenvalue weighted by atomic mass is 10.2. The summed E-state index contributed by atoms with van der Waals surface area (Å²) in [6.07, 6.45) is -0.801. The van der Waals surface area contributed by atoms with Crippen LogP contribution >= 0.6 is 0 Å². The molecule has 0 spiro atoms. The van der Waals surface area contributed by atoms with Crippen molar-refractivity contribution in [3.63, 3.8) is 0 Å². The van der Waals surface area contributed by atoms with Gasteiger partial charge in [-0.3, -0.25) is 24.2 Å². The number of carboxylic acids is 1. The predicted molar refractivity (Wildman–Crippen MR) is 114 cm³/mol. The quantitative estimate of drug-likeness (QED) is 0.420. The standard InChI is InChI=1S/C21H38N2O8/c1-19(2,3)29-16(26)13-22(14-17(27)30-20(4,5)6)10-11-23(12-15(24)25)18(28)31-21(7,8)9/h10-14H2,1-9H3,(H,24,25). The maximum atomic E-state index is 12.4. The average Bonchev–Trinajstić information content (AvgIpc) is 2.44. The summed E-state index contributed by atoms with van der Waals surface area (Å²) in [7, 11) is 0. The highest BCUT2D eigenvalue weighted by Crippen LogP contribution is 2.12. The minimum Gasteiger partial charge on any atom is -0.480 e. The first-order valence-corrected chi connectivity index (χ1v) is 10.1. The molecule has 180 valence electrons. The van der Waals surface area contributed by atoms with Gasteiger partial charge in [-0.25, -0.2) is 4.79 Å². The van der Waals surface area contributed by atoms with Crippen molar-refractivity contribution in [1.29, 1.82) is 0 Å². The molecule has 10 heteroatoms. The van der Waals surface area contributed by atoms with E-state index in [4.69, 9.17) is 19.3 Å². The molecule has 0 aromatic carbocycles. The van der Waals surface area contributed by atoms with Crippen LogP contribution in [0, 0.1) is 0 Å². The predicted octanol–water partition coefficient (Wildman–Crippen LogP) is 2.29. The summed E-state index contributed by atoms with van der Waals surface area (Å²) in [4.78, 5) is 50.5. The molecule has 1 amide bonds. The van der Waals surface area contributed by atoms with Gasteiger partial charge in [-0.1, -0.05) is 0 Å². The van der Waals surface area contributed by atoms with Crippen LogP contribution in [0.4, 0.5) is 4.79 Å². The number of nitrogens with zero attached hydrogens (tertiary/aromatic N) is 2. The van der Waals surface area contributed by atoms with Crippen LogP contribution in [0.1, 0.15) is 62.3 Å². The molecule has 1 N–H and O–H groups in total. The molecule has 0 bridgehead atoms. The lowest BCUT2D eigenvalue weighted by molar-refractivity contribution is -0.160. The Morgan fingerprint density at radius 3 is 1.35 bits per heavy atom. The summed E-state index contributed by atoms with van der Waals surface area (Å²) in [5.41, 5.74) is -2.22. The fourth-order valence-electron chi connectivity index (χ4n) is 2.31. The molecule has 0 fully saturated rings. The third kappa shape index (κ3) is 16.1. The lowest BCUT2D eigenvalue weighted by Gasteiger charge is -2.29. The molecule has 0 aliphatic rings. The molecule has 0 unspecified atom stereocenters. The van der Waals surface area contributed by atoms with E-state index in [2.05, 4.69) is 0 Å². The molecule has 0 aromatic heterocycles. The van der Waals surface area contributed by atoms with Crippen molar-refractivity contribution in [1.82, 2.24) is 9.80 Å². The van der Waals surface area contributed by atoms with E-state index in [0.717, 1.165) is 4.90 Å². The Morgan fingerprint density at radius 1 is 0.645 bits per heavy atom. The van der Waals surface area contributed by atoms with Gasteiger partial charge in [0.2, 0.25) is 0 Å². The third-order valence-corrected chi connectivity index (χ3v) is 3.21. The highest BCUT2D eigenvalue weighted by molar-refractivity contribution is 5.77. The Balaban J connectivity index is 5.33. The Kier molecular flexibility index (Phi) is 10.5. The summed E-state index contributed by atoms with van der Waals surface area (Å²) in [6.45, 7) is 14.3. The fraction of sp³-hybridized carbons (Fsp3) is 0.810. The van der Waals surface area contributed by atoms with Crippen molar-refractivity contribution in [2.24, 2.45) is 0 Å². The third-order valence-electron chi connectivity index (χ3n) is 3.21. The Hall–Kier alpha value is -2.36. The van der Waals surface area contributed by atoms with Crippen molar-refractivity contribution < 1.29 is 38.5 Å². The van der Waals surface area contributed by atoms with Crippen LogP contribution in [0.5, 0.6) is 0 Å². The number of hydrogen-bond donors (Lipinski definition) is 1.